The SMILES string of the molecule is CC.COCCCCn1c(C(=O)O)cc2ccccc21. The number of para-hydroxylation sites is 1. The molecular weight excluding hydrogens is 254 g/mol. The maximum atomic E-state index is 11.2. The van der Waals surface area contributed by atoms with E-state index in [0.717, 1.165) is 23.7 Å². The summed E-state index contributed by atoms with van der Waals surface area (Å²) in [5.74, 6) is -0.877. The van der Waals surface area contributed by atoms with E-state index in [1.54, 1.807) is 13.2 Å². The first-order valence-electron chi connectivity index (χ1n) is 7.04. The van der Waals surface area contributed by atoms with Crippen LogP contribution in [-0.2, 0) is 11.3 Å². The number of rotatable bonds is 6. The maximum absolute atomic E-state index is 11.2. The number of hydrogen-bond donors (Lipinski definition) is 1. The first-order valence-corrected chi connectivity index (χ1v) is 7.04. The van der Waals surface area contributed by atoms with E-state index in [9.17, 15) is 9.90 Å². The Morgan fingerprint density at radius 1 is 1.25 bits per heavy atom. The summed E-state index contributed by atoms with van der Waals surface area (Å²) >= 11 is 0. The quantitative estimate of drug-likeness (QED) is 0.817. The Balaban J connectivity index is 0.000000956. The fourth-order valence-corrected chi connectivity index (χ4v) is 2.14. The van der Waals surface area contributed by atoms with Gasteiger partial charge < -0.3 is 14.4 Å². The predicted octanol–water partition coefficient (Wildman–Crippen LogP) is 3.79. The Bertz CT molecular complexity index is 546. The van der Waals surface area contributed by atoms with Crippen molar-refractivity contribution >= 4 is 16.9 Å². The number of aromatic carboxylic acids is 1. The zero-order chi connectivity index (χ0) is 15.0. The van der Waals surface area contributed by atoms with Crippen LogP contribution in [0.3, 0.4) is 0 Å². The van der Waals surface area contributed by atoms with Crippen LogP contribution in [0, 0.1) is 0 Å². The number of carboxylic acid groups (broad SMARTS) is 1. The molecule has 0 aliphatic heterocycles. The number of carboxylic acids is 1. The molecule has 2 aromatic rings. The van der Waals surface area contributed by atoms with Crippen LogP contribution in [0.15, 0.2) is 30.3 Å². The number of nitrogens with zero attached hydrogens (tertiary/aromatic N) is 1. The van der Waals surface area contributed by atoms with E-state index in [1.807, 2.05) is 42.7 Å². The number of benzene rings is 1. The molecule has 0 aliphatic carbocycles. The van der Waals surface area contributed by atoms with Gasteiger partial charge in [-0.3, -0.25) is 0 Å². The molecule has 0 bridgehead atoms. The van der Waals surface area contributed by atoms with Gasteiger partial charge in [-0.15, -0.1) is 0 Å². The molecule has 0 radical (unpaired) electrons. The summed E-state index contributed by atoms with van der Waals surface area (Å²) in [4.78, 5) is 11.2. The number of aromatic nitrogens is 1. The van der Waals surface area contributed by atoms with E-state index < -0.39 is 5.97 Å². The van der Waals surface area contributed by atoms with E-state index in [4.69, 9.17) is 4.74 Å². The lowest BCUT2D eigenvalue weighted by atomic mass is 10.2. The van der Waals surface area contributed by atoms with Gasteiger partial charge in [0.25, 0.3) is 0 Å². The van der Waals surface area contributed by atoms with Crippen LogP contribution in [-0.4, -0.2) is 29.4 Å². The van der Waals surface area contributed by atoms with Crippen LogP contribution < -0.4 is 0 Å². The van der Waals surface area contributed by atoms with Gasteiger partial charge in [-0.25, -0.2) is 4.79 Å². The number of hydrogen-bond acceptors (Lipinski definition) is 2. The van der Waals surface area contributed by atoms with E-state index in [1.165, 1.54) is 0 Å². The smallest absolute Gasteiger partial charge is 0.352 e. The van der Waals surface area contributed by atoms with Crippen molar-refractivity contribution in [3.63, 3.8) is 0 Å². The lowest BCUT2D eigenvalue weighted by Crippen LogP contribution is -2.09. The number of methoxy groups -OCH3 is 1. The second-order valence-corrected chi connectivity index (χ2v) is 4.25. The van der Waals surface area contributed by atoms with Gasteiger partial charge in [-0.05, 0) is 25.0 Å². The van der Waals surface area contributed by atoms with Gasteiger partial charge in [0.05, 0.1) is 0 Å². The van der Waals surface area contributed by atoms with Crippen molar-refractivity contribution in [2.45, 2.75) is 33.2 Å². The van der Waals surface area contributed by atoms with Gasteiger partial charge in [0.1, 0.15) is 5.69 Å². The Morgan fingerprint density at radius 2 is 1.95 bits per heavy atom. The van der Waals surface area contributed by atoms with Crippen LogP contribution in [0.4, 0.5) is 0 Å². The summed E-state index contributed by atoms with van der Waals surface area (Å²) in [5, 5.41) is 10.2. The zero-order valence-electron chi connectivity index (χ0n) is 12.4. The largest absolute Gasteiger partial charge is 0.477 e. The zero-order valence-corrected chi connectivity index (χ0v) is 12.4. The molecule has 1 heterocycles. The highest BCUT2D eigenvalue weighted by Crippen LogP contribution is 2.20. The van der Waals surface area contributed by atoms with Crippen LogP contribution in [0.25, 0.3) is 10.9 Å². The molecule has 0 fully saturated rings. The molecule has 110 valence electrons. The van der Waals surface area contributed by atoms with Crippen molar-refractivity contribution in [1.82, 2.24) is 4.57 Å². The van der Waals surface area contributed by atoms with E-state index in [2.05, 4.69) is 0 Å². The fraction of sp³-hybridized carbons (Fsp3) is 0.438. The molecule has 0 saturated heterocycles. The average molecular weight is 277 g/mol. The Labute approximate surface area is 120 Å². The molecule has 1 aromatic carbocycles. The molecule has 0 aliphatic rings. The highest BCUT2D eigenvalue weighted by Gasteiger charge is 2.13. The van der Waals surface area contributed by atoms with Crippen molar-refractivity contribution in [2.24, 2.45) is 0 Å². The second-order valence-electron chi connectivity index (χ2n) is 4.25. The van der Waals surface area contributed by atoms with Gasteiger partial charge in [0.15, 0.2) is 0 Å². The molecule has 4 heteroatoms. The van der Waals surface area contributed by atoms with Gasteiger partial charge in [-0.1, -0.05) is 32.0 Å². The minimum Gasteiger partial charge on any atom is -0.477 e. The van der Waals surface area contributed by atoms with Gasteiger partial charge >= 0.3 is 5.97 Å². The average Bonchev–Trinajstić information content (AvgIpc) is 2.85. The minimum atomic E-state index is -0.877. The summed E-state index contributed by atoms with van der Waals surface area (Å²) in [5.41, 5.74) is 1.33. The monoisotopic (exact) mass is 277 g/mol. The first-order chi connectivity index (χ1) is 9.74. The topological polar surface area (TPSA) is 51.5 Å². The van der Waals surface area contributed by atoms with Gasteiger partial charge in [-0.2, -0.15) is 0 Å². The normalized spacial score (nSPS) is 10.2. The van der Waals surface area contributed by atoms with E-state index >= 15 is 0 Å². The lowest BCUT2D eigenvalue weighted by Gasteiger charge is -2.08. The third kappa shape index (κ3) is 3.84. The Hall–Kier alpha value is -1.81. The van der Waals surface area contributed by atoms with Gasteiger partial charge in [0.2, 0.25) is 0 Å². The van der Waals surface area contributed by atoms with Crippen molar-refractivity contribution in [3.8, 4) is 0 Å². The lowest BCUT2D eigenvalue weighted by molar-refractivity contribution is 0.0685. The molecule has 1 aromatic heterocycles. The second kappa shape index (κ2) is 8.38. The number of fused-ring (bicyclic) bond motifs is 1. The van der Waals surface area contributed by atoms with E-state index in [-0.39, 0.29) is 0 Å². The third-order valence-electron chi connectivity index (χ3n) is 3.01. The summed E-state index contributed by atoms with van der Waals surface area (Å²) in [6, 6.07) is 9.47. The molecule has 1 N–H and O–H groups in total. The van der Waals surface area contributed by atoms with Gasteiger partial charge in [0, 0.05) is 31.2 Å². The van der Waals surface area contributed by atoms with Crippen LogP contribution >= 0.6 is 0 Å². The number of aryl methyl sites for hydroxylation is 1. The molecule has 0 spiro atoms. The Kier molecular flexibility index (Phi) is 6.81. The van der Waals surface area contributed by atoms with Crippen LogP contribution in [0.2, 0.25) is 0 Å². The maximum Gasteiger partial charge on any atom is 0.352 e. The molecule has 0 amide bonds. The van der Waals surface area contributed by atoms with Crippen molar-refractivity contribution in [2.75, 3.05) is 13.7 Å². The van der Waals surface area contributed by atoms with E-state index in [0.29, 0.717) is 18.8 Å². The first kappa shape index (κ1) is 16.2. The predicted molar refractivity (Wildman–Crippen MR) is 81.4 cm³/mol. The van der Waals surface area contributed by atoms with Crippen molar-refractivity contribution in [1.29, 1.82) is 0 Å². The highest BCUT2D eigenvalue weighted by molar-refractivity contribution is 5.94. The summed E-state index contributed by atoms with van der Waals surface area (Å²) < 4.78 is 6.87. The number of carbonyl (C=O) groups is 1. The molecule has 2 rings (SSSR count). The molecule has 0 saturated carbocycles. The number of ether oxygens (including phenoxy) is 1. The standard InChI is InChI=1S/C14H17NO3.C2H6/c1-18-9-5-4-8-15-12-7-3-2-6-11(12)10-13(15)14(16)17;1-2/h2-3,6-7,10H,4-5,8-9H2,1H3,(H,16,17);1-2H3. The third-order valence-corrected chi connectivity index (χ3v) is 3.01. The molecule has 20 heavy (non-hydrogen) atoms. The van der Waals surface area contributed by atoms with Crippen LogP contribution in [0.5, 0.6) is 0 Å². The molecule has 4 nitrogen and oxygen atoms in total. The molecule has 0 atom stereocenters. The Morgan fingerprint density at radius 3 is 2.60 bits per heavy atom. The van der Waals surface area contributed by atoms with Crippen molar-refractivity contribution < 1.29 is 14.6 Å². The molecule has 0 unspecified atom stereocenters. The van der Waals surface area contributed by atoms with Crippen molar-refractivity contribution in [3.05, 3.63) is 36.0 Å². The highest BCUT2D eigenvalue weighted by atomic mass is 16.5. The number of unbranched alkanes of at least 4 members (excludes halogenated alkanes) is 1. The summed E-state index contributed by atoms with van der Waals surface area (Å²) in [7, 11) is 1.67. The van der Waals surface area contributed by atoms with Crippen LogP contribution in [0.1, 0.15) is 37.2 Å². The fourth-order valence-electron chi connectivity index (χ4n) is 2.14. The summed E-state index contributed by atoms with van der Waals surface area (Å²) in [6.07, 6.45) is 1.84. The summed E-state index contributed by atoms with van der Waals surface area (Å²) in [6.45, 7) is 5.42. The minimum absolute atomic E-state index is 0.355. The molecular formula is C16H23NO3.